The van der Waals surface area contributed by atoms with Crippen LogP contribution in [0.25, 0.3) is 0 Å². The number of hydrogen-bond acceptors (Lipinski definition) is 4. The van der Waals surface area contributed by atoms with Gasteiger partial charge in [-0.3, -0.25) is 9.69 Å². The SMILES string of the molecule is Cc1ccc(CCCCCC[C@]2(C(=O)O)/C(=C/CO)O[C@@H]3CC(=O)N32)c(C)c1. The number of aliphatic carboxylic acids is 1. The fraction of sp³-hybridized carbons (Fsp3) is 0.545. The van der Waals surface area contributed by atoms with Crippen molar-refractivity contribution in [1.82, 2.24) is 4.90 Å². The number of hydrogen-bond donors (Lipinski definition) is 2. The van der Waals surface area contributed by atoms with Gasteiger partial charge in [-0.25, -0.2) is 4.79 Å². The lowest BCUT2D eigenvalue weighted by molar-refractivity contribution is -0.171. The maximum atomic E-state index is 12.1. The van der Waals surface area contributed by atoms with Crippen molar-refractivity contribution in [2.45, 2.75) is 70.6 Å². The van der Waals surface area contributed by atoms with Gasteiger partial charge in [0.05, 0.1) is 13.0 Å². The number of ether oxygens (including phenoxy) is 1. The number of rotatable bonds is 9. The number of benzene rings is 1. The average molecular weight is 387 g/mol. The summed E-state index contributed by atoms with van der Waals surface area (Å²) in [6, 6.07) is 6.51. The number of carboxylic acids is 1. The molecule has 1 aromatic rings. The van der Waals surface area contributed by atoms with Crippen LogP contribution >= 0.6 is 0 Å². The molecule has 0 aliphatic carbocycles. The molecule has 1 aromatic carbocycles. The number of aliphatic hydroxyl groups excluding tert-OH is 1. The fourth-order valence-electron chi connectivity index (χ4n) is 4.34. The van der Waals surface area contributed by atoms with Crippen LogP contribution in [0.4, 0.5) is 0 Å². The van der Waals surface area contributed by atoms with Gasteiger partial charge in [0.1, 0.15) is 5.76 Å². The van der Waals surface area contributed by atoms with Crippen LogP contribution in [-0.2, 0) is 20.7 Å². The van der Waals surface area contributed by atoms with Crippen LogP contribution in [0.5, 0.6) is 0 Å². The van der Waals surface area contributed by atoms with Crippen LogP contribution < -0.4 is 0 Å². The first kappa shape index (κ1) is 20.4. The Hall–Kier alpha value is -2.34. The summed E-state index contributed by atoms with van der Waals surface area (Å²) >= 11 is 0. The second-order valence-electron chi connectivity index (χ2n) is 7.80. The van der Waals surface area contributed by atoms with Crippen molar-refractivity contribution in [3.63, 3.8) is 0 Å². The molecule has 0 saturated carbocycles. The topological polar surface area (TPSA) is 87.1 Å². The third-order valence-corrected chi connectivity index (χ3v) is 5.85. The lowest BCUT2D eigenvalue weighted by Crippen LogP contribution is -2.62. The third-order valence-electron chi connectivity index (χ3n) is 5.85. The normalized spacial score (nSPS) is 24.8. The number of nitrogens with zero attached hydrogens (tertiary/aromatic N) is 1. The Morgan fingerprint density at radius 1 is 1.29 bits per heavy atom. The molecular formula is C22H29NO5. The Morgan fingerprint density at radius 3 is 2.68 bits per heavy atom. The van der Waals surface area contributed by atoms with Gasteiger partial charge in [0.2, 0.25) is 11.4 Å². The Balaban J connectivity index is 1.55. The number of unbranched alkanes of at least 4 members (excludes halogenated alkanes) is 3. The summed E-state index contributed by atoms with van der Waals surface area (Å²) in [6.45, 7) is 3.91. The molecule has 3 rings (SSSR count). The molecule has 2 N–H and O–H groups in total. The van der Waals surface area contributed by atoms with Crippen molar-refractivity contribution >= 4 is 11.9 Å². The molecule has 2 aliphatic heterocycles. The molecule has 6 heteroatoms. The molecule has 0 bridgehead atoms. The van der Waals surface area contributed by atoms with Gasteiger partial charge in [-0.15, -0.1) is 0 Å². The number of amides is 1. The molecule has 28 heavy (non-hydrogen) atoms. The smallest absolute Gasteiger partial charge is 0.337 e. The van der Waals surface area contributed by atoms with E-state index < -0.39 is 17.7 Å². The molecule has 0 unspecified atom stereocenters. The summed E-state index contributed by atoms with van der Waals surface area (Å²) in [5.41, 5.74) is 2.48. The van der Waals surface area contributed by atoms with Crippen LogP contribution in [0.15, 0.2) is 30.0 Å². The van der Waals surface area contributed by atoms with Gasteiger partial charge in [-0.05, 0) is 50.3 Å². The van der Waals surface area contributed by atoms with Gasteiger partial charge in [0, 0.05) is 0 Å². The predicted octanol–water partition coefficient (Wildman–Crippen LogP) is 3.08. The van der Waals surface area contributed by atoms with E-state index >= 15 is 0 Å². The molecule has 1 amide bonds. The molecule has 152 valence electrons. The van der Waals surface area contributed by atoms with Gasteiger partial charge in [-0.1, -0.05) is 43.0 Å². The maximum absolute atomic E-state index is 12.1. The van der Waals surface area contributed by atoms with Crippen LogP contribution in [0, 0.1) is 13.8 Å². The number of β-lactam (4-membered cyclic amide) rings is 1. The van der Waals surface area contributed by atoms with Gasteiger partial charge < -0.3 is 14.9 Å². The highest BCUT2D eigenvalue weighted by molar-refractivity contribution is 5.94. The summed E-state index contributed by atoms with van der Waals surface area (Å²) in [5.74, 6) is -1.09. The number of carbonyl (C=O) groups excluding carboxylic acids is 1. The summed E-state index contributed by atoms with van der Waals surface area (Å²) in [7, 11) is 0. The first-order chi connectivity index (χ1) is 13.4. The van der Waals surface area contributed by atoms with Crippen LogP contribution in [-0.4, -0.2) is 45.4 Å². The molecule has 0 aromatic heterocycles. The van der Waals surface area contributed by atoms with Crippen molar-refractivity contribution in [3.8, 4) is 0 Å². The monoisotopic (exact) mass is 387 g/mol. The molecule has 2 saturated heterocycles. The van der Waals surface area contributed by atoms with E-state index in [4.69, 9.17) is 4.74 Å². The Labute approximate surface area is 165 Å². The Kier molecular flexibility index (Phi) is 6.08. The van der Waals surface area contributed by atoms with Crippen molar-refractivity contribution in [2.75, 3.05) is 6.61 Å². The van der Waals surface area contributed by atoms with E-state index in [0.29, 0.717) is 12.8 Å². The quantitative estimate of drug-likeness (QED) is 0.502. The summed E-state index contributed by atoms with van der Waals surface area (Å²) in [4.78, 5) is 25.5. The van der Waals surface area contributed by atoms with E-state index in [1.807, 2.05) is 0 Å². The van der Waals surface area contributed by atoms with E-state index in [0.717, 1.165) is 25.7 Å². The van der Waals surface area contributed by atoms with E-state index in [9.17, 15) is 19.8 Å². The summed E-state index contributed by atoms with van der Waals surface area (Å²) in [6.07, 6.45) is 6.01. The second kappa shape index (κ2) is 8.35. The molecule has 6 nitrogen and oxygen atoms in total. The number of fused-ring (bicyclic) bond motifs is 1. The number of carbonyl (C=O) groups is 2. The first-order valence-corrected chi connectivity index (χ1v) is 10.00. The van der Waals surface area contributed by atoms with E-state index in [1.165, 1.54) is 27.7 Å². The second-order valence-corrected chi connectivity index (χ2v) is 7.80. The van der Waals surface area contributed by atoms with Gasteiger partial charge in [0.25, 0.3) is 0 Å². The minimum absolute atomic E-state index is 0.202. The van der Waals surface area contributed by atoms with Gasteiger partial charge >= 0.3 is 5.97 Å². The van der Waals surface area contributed by atoms with Crippen molar-refractivity contribution in [3.05, 3.63) is 46.7 Å². The summed E-state index contributed by atoms with van der Waals surface area (Å²) in [5, 5.41) is 19.1. The van der Waals surface area contributed by atoms with Crippen molar-refractivity contribution in [2.24, 2.45) is 0 Å². The predicted molar refractivity (Wildman–Crippen MR) is 105 cm³/mol. The Morgan fingerprint density at radius 2 is 2.04 bits per heavy atom. The number of carboxylic acid groups (broad SMARTS) is 1. The third kappa shape index (κ3) is 3.65. The molecule has 0 spiro atoms. The molecule has 2 atom stereocenters. The number of aryl methyl sites for hydroxylation is 3. The largest absolute Gasteiger partial charge is 0.479 e. The lowest BCUT2D eigenvalue weighted by atomic mass is 9.86. The van der Waals surface area contributed by atoms with Gasteiger partial charge in [-0.2, -0.15) is 0 Å². The highest BCUT2D eigenvalue weighted by Gasteiger charge is 2.64. The van der Waals surface area contributed by atoms with Crippen LogP contribution in [0.2, 0.25) is 0 Å². The Bertz CT molecular complexity index is 787. The minimum Gasteiger partial charge on any atom is -0.479 e. The van der Waals surface area contributed by atoms with E-state index in [1.54, 1.807) is 0 Å². The molecule has 0 radical (unpaired) electrons. The highest BCUT2D eigenvalue weighted by Crippen LogP contribution is 2.46. The lowest BCUT2D eigenvalue weighted by Gasteiger charge is -2.40. The number of aliphatic hydroxyl groups is 1. The standard InChI is InChI=1S/C22H29NO5/c1-15-8-9-17(16(2)13-15)7-5-3-4-6-11-22(21(26)27)18(10-12-24)28-20-14-19(25)23(20)22/h8-10,13,20,24H,3-7,11-12,14H2,1-2H3,(H,26,27)/b18-10-/t20-,22-/m1/s1. The fourth-order valence-corrected chi connectivity index (χ4v) is 4.34. The minimum atomic E-state index is -1.46. The van der Waals surface area contributed by atoms with E-state index in [-0.39, 0.29) is 24.7 Å². The van der Waals surface area contributed by atoms with Crippen LogP contribution in [0.3, 0.4) is 0 Å². The first-order valence-electron chi connectivity index (χ1n) is 10.00. The van der Waals surface area contributed by atoms with Gasteiger partial charge in [0.15, 0.2) is 6.23 Å². The zero-order valence-corrected chi connectivity index (χ0v) is 16.6. The van der Waals surface area contributed by atoms with E-state index in [2.05, 4.69) is 32.0 Å². The highest BCUT2D eigenvalue weighted by atomic mass is 16.5. The molecule has 2 fully saturated rings. The maximum Gasteiger partial charge on any atom is 0.337 e. The van der Waals surface area contributed by atoms with Crippen molar-refractivity contribution < 1.29 is 24.5 Å². The zero-order valence-electron chi connectivity index (χ0n) is 16.6. The molecule has 2 heterocycles. The molecular weight excluding hydrogens is 358 g/mol. The average Bonchev–Trinajstić information content (AvgIpc) is 2.88. The zero-order chi connectivity index (χ0) is 20.3. The van der Waals surface area contributed by atoms with Crippen LogP contribution in [0.1, 0.15) is 55.2 Å². The summed E-state index contributed by atoms with van der Waals surface area (Å²) < 4.78 is 5.63. The van der Waals surface area contributed by atoms with Crippen molar-refractivity contribution in [1.29, 1.82) is 0 Å². The molecule has 2 aliphatic rings.